The van der Waals surface area contributed by atoms with Gasteiger partial charge >= 0.3 is 0 Å². The van der Waals surface area contributed by atoms with E-state index in [4.69, 9.17) is 11.6 Å². The fourth-order valence-corrected chi connectivity index (χ4v) is 4.38. The second-order valence-corrected chi connectivity index (χ2v) is 7.80. The van der Waals surface area contributed by atoms with E-state index < -0.39 is 5.25 Å². The van der Waals surface area contributed by atoms with Gasteiger partial charge < -0.3 is 4.90 Å². The Kier molecular flexibility index (Phi) is 5.40. The maximum absolute atomic E-state index is 13.2. The van der Waals surface area contributed by atoms with Crippen molar-refractivity contribution < 1.29 is 4.79 Å². The number of carbonyl (C=O) groups is 1. The molecule has 1 aliphatic rings. The van der Waals surface area contributed by atoms with Crippen molar-refractivity contribution in [2.75, 3.05) is 13.1 Å². The van der Waals surface area contributed by atoms with Crippen molar-refractivity contribution in [2.45, 2.75) is 23.2 Å². The van der Waals surface area contributed by atoms with Gasteiger partial charge in [0.05, 0.1) is 5.69 Å². The number of carbonyl (C=O) groups excluding carboxylic acids is 1. The first-order valence-electron chi connectivity index (χ1n) is 8.77. The van der Waals surface area contributed by atoms with E-state index in [2.05, 4.69) is 15.5 Å². The average molecular weight is 400 g/mol. The summed E-state index contributed by atoms with van der Waals surface area (Å²) in [6.45, 7) is 1.62. The summed E-state index contributed by atoms with van der Waals surface area (Å²) in [6, 6.07) is 17.1. The standard InChI is InChI=1S/C19H18ClN5OS/c20-15-9-6-10-16(13-15)25-19(21-22-23-25)27-17(14-7-2-1-3-8-14)18(26)24-11-4-5-12-24/h1-3,6-10,13,17H,4-5,11-12H2/t17-/m0/s1. The van der Waals surface area contributed by atoms with Crippen LogP contribution in [0.3, 0.4) is 0 Å². The fraction of sp³-hybridized carbons (Fsp3) is 0.263. The lowest BCUT2D eigenvalue weighted by Crippen LogP contribution is -2.31. The third-order valence-electron chi connectivity index (χ3n) is 4.46. The van der Waals surface area contributed by atoms with Crippen molar-refractivity contribution in [3.8, 4) is 5.69 Å². The second kappa shape index (κ2) is 8.10. The predicted molar refractivity (Wildman–Crippen MR) is 105 cm³/mol. The van der Waals surface area contributed by atoms with Crippen LogP contribution in [0.2, 0.25) is 5.02 Å². The van der Waals surface area contributed by atoms with Crippen LogP contribution in [0, 0.1) is 0 Å². The number of amides is 1. The molecular formula is C19H18ClN5OS. The van der Waals surface area contributed by atoms with Gasteiger partial charge in [-0.05, 0) is 47.0 Å². The molecule has 4 rings (SSSR count). The SMILES string of the molecule is O=C([C@@H](Sc1nnnn1-c1cccc(Cl)c1)c1ccccc1)N1CCCC1. The Bertz CT molecular complexity index is 927. The van der Waals surface area contributed by atoms with Gasteiger partial charge in [-0.25, -0.2) is 0 Å². The third kappa shape index (κ3) is 3.99. The van der Waals surface area contributed by atoms with Crippen LogP contribution in [0.4, 0.5) is 0 Å². The first kappa shape index (κ1) is 18.0. The van der Waals surface area contributed by atoms with Crippen LogP contribution in [0.5, 0.6) is 0 Å². The van der Waals surface area contributed by atoms with Gasteiger partial charge in [-0.1, -0.05) is 59.8 Å². The lowest BCUT2D eigenvalue weighted by Gasteiger charge is -2.22. The minimum absolute atomic E-state index is 0.101. The minimum atomic E-state index is -0.395. The van der Waals surface area contributed by atoms with Crippen LogP contribution in [-0.2, 0) is 4.79 Å². The Morgan fingerprint density at radius 1 is 1.07 bits per heavy atom. The largest absolute Gasteiger partial charge is 0.341 e. The van der Waals surface area contributed by atoms with Crippen molar-refractivity contribution in [1.82, 2.24) is 25.1 Å². The van der Waals surface area contributed by atoms with Gasteiger partial charge in [-0.3, -0.25) is 4.79 Å². The van der Waals surface area contributed by atoms with Crippen molar-refractivity contribution in [3.63, 3.8) is 0 Å². The maximum Gasteiger partial charge on any atom is 0.240 e. The van der Waals surface area contributed by atoms with Crippen molar-refractivity contribution >= 4 is 29.3 Å². The molecule has 1 aliphatic heterocycles. The van der Waals surface area contributed by atoms with Crippen LogP contribution in [0.15, 0.2) is 59.8 Å². The highest BCUT2D eigenvalue weighted by Crippen LogP contribution is 2.37. The van der Waals surface area contributed by atoms with Crippen LogP contribution in [-0.4, -0.2) is 44.1 Å². The molecule has 138 valence electrons. The van der Waals surface area contributed by atoms with Gasteiger partial charge in [0.2, 0.25) is 11.1 Å². The number of aromatic nitrogens is 4. The first-order valence-corrected chi connectivity index (χ1v) is 10.0. The highest BCUT2D eigenvalue weighted by atomic mass is 35.5. The summed E-state index contributed by atoms with van der Waals surface area (Å²) in [4.78, 5) is 15.1. The number of nitrogens with zero attached hydrogens (tertiary/aromatic N) is 5. The molecule has 2 aromatic carbocycles. The van der Waals surface area contributed by atoms with Crippen LogP contribution in [0.1, 0.15) is 23.7 Å². The quantitative estimate of drug-likeness (QED) is 0.611. The molecule has 0 unspecified atom stereocenters. The normalized spacial score (nSPS) is 15.1. The highest BCUT2D eigenvalue weighted by Gasteiger charge is 2.30. The molecule has 27 heavy (non-hydrogen) atoms. The van der Waals surface area contributed by atoms with E-state index in [1.54, 1.807) is 16.8 Å². The van der Waals surface area contributed by atoms with E-state index in [0.29, 0.717) is 10.2 Å². The van der Waals surface area contributed by atoms with Gasteiger partial charge in [0.15, 0.2) is 0 Å². The number of benzene rings is 2. The fourth-order valence-electron chi connectivity index (χ4n) is 3.12. The minimum Gasteiger partial charge on any atom is -0.341 e. The van der Waals surface area contributed by atoms with E-state index in [-0.39, 0.29) is 5.91 Å². The summed E-state index contributed by atoms with van der Waals surface area (Å²) in [5, 5.41) is 12.8. The lowest BCUT2D eigenvalue weighted by atomic mass is 10.1. The zero-order chi connectivity index (χ0) is 18.6. The molecule has 1 amide bonds. The molecule has 6 nitrogen and oxygen atoms in total. The monoisotopic (exact) mass is 399 g/mol. The van der Waals surface area contributed by atoms with Gasteiger partial charge in [-0.15, -0.1) is 5.10 Å². The van der Waals surface area contributed by atoms with Crippen molar-refractivity contribution in [3.05, 3.63) is 65.2 Å². The smallest absolute Gasteiger partial charge is 0.240 e. The van der Waals surface area contributed by atoms with Crippen LogP contribution in [0.25, 0.3) is 5.69 Å². The lowest BCUT2D eigenvalue weighted by molar-refractivity contribution is -0.129. The first-order chi connectivity index (χ1) is 13.2. The Morgan fingerprint density at radius 3 is 2.59 bits per heavy atom. The third-order valence-corrected chi connectivity index (χ3v) is 5.87. The summed E-state index contributed by atoms with van der Waals surface area (Å²) < 4.78 is 1.61. The highest BCUT2D eigenvalue weighted by molar-refractivity contribution is 8.00. The predicted octanol–water partition coefficient (Wildman–Crippen LogP) is 3.77. The van der Waals surface area contributed by atoms with E-state index in [1.165, 1.54) is 11.8 Å². The van der Waals surface area contributed by atoms with E-state index >= 15 is 0 Å². The zero-order valence-corrected chi connectivity index (χ0v) is 16.1. The Labute approximate surface area is 166 Å². The number of hydrogen-bond acceptors (Lipinski definition) is 5. The van der Waals surface area contributed by atoms with E-state index in [0.717, 1.165) is 37.2 Å². The van der Waals surface area contributed by atoms with Gasteiger partial charge in [-0.2, -0.15) is 4.68 Å². The number of hydrogen-bond donors (Lipinski definition) is 0. The number of halogens is 1. The number of likely N-dealkylation sites (tertiary alicyclic amines) is 1. The Morgan fingerprint density at radius 2 is 1.85 bits per heavy atom. The zero-order valence-electron chi connectivity index (χ0n) is 14.5. The number of tetrazole rings is 1. The summed E-state index contributed by atoms with van der Waals surface area (Å²) in [5.41, 5.74) is 1.70. The Balaban J connectivity index is 1.67. The summed E-state index contributed by atoms with van der Waals surface area (Å²) >= 11 is 7.47. The molecule has 1 atom stereocenters. The molecule has 3 aromatic rings. The molecule has 0 radical (unpaired) electrons. The molecule has 1 aromatic heterocycles. The molecule has 1 saturated heterocycles. The van der Waals surface area contributed by atoms with Crippen molar-refractivity contribution in [2.24, 2.45) is 0 Å². The molecular weight excluding hydrogens is 382 g/mol. The second-order valence-electron chi connectivity index (χ2n) is 6.29. The molecule has 1 fully saturated rings. The molecule has 8 heteroatoms. The molecule has 0 saturated carbocycles. The Hall–Kier alpha value is -2.38. The number of rotatable bonds is 5. The summed E-state index contributed by atoms with van der Waals surface area (Å²) in [7, 11) is 0. The van der Waals surface area contributed by atoms with Gasteiger partial charge in [0.25, 0.3) is 0 Å². The van der Waals surface area contributed by atoms with Crippen LogP contribution >= 0.6 is 23.4 Å². The summed E-state index contributed by atoms with van der Waals surface area (Å²) in [5.74, 6) is 0.101. The van der Waals surface area contributed by atoms with Crippen molar-refractivity contribution in [1.29, 1.82) is 0 Å². The molecule has 2 heterocycles. The van der Waals surface area contributed by atoms with E-state index in [9.17, 15) is 4.79 Å². The van der Waals surface area contributed by atoms with Crippen LogP contribution < -0.4 is 0 Å². The van der Waals surface area contributed by atoms with E-state index in [1.807, 2.05) is 47.4 Å². The topological polar surface area (TPSA) is 63.9 Å². The maximum atomic E-state index is 13.2. The molecule has 0 bridgehead atoms. The molecule has 0 aliphatic carbocycles. The molecule has 0 spiro atoms. The summed E-state index contributed by atoms with van der Waals surface area (Å²) in [6.07, 6.45) is 2.11. The average Bonchev–Trinajstić information content (AvgIpc) is 3.38. The van der Waals surface area contributed by atoms with Gasteiger partial charge in [0, 0.05) is 18.1 Å². The number of thioether (sulfide) groups is 1. The van der Waals surface area contributed by atoms with Gasteiger partial charge in [0.1, 0.15) is 5.25 Å². The molecule has 0 N–H and O–H groups in total.